The number of nitrogens with zero attached hydrogens (tertiary/aromatic N) is 2. The van der Waals surface area contributed by atoms with Gasteiger partial charge in [0.25, 0.3) is 5.91 Å². The molecule has 1 aliphatic heterocycles. The van der Waals surface area contributed by atoms with Gasteiger partial charge in [-0.15, -0.1) is 12.4 Å². The van der Waals surface area contributed by atoms with Crippen LogP contribution in [-0.4, -0.2) is 42.0 Å². The second-order valence-electron chi connectivity index (χ2n) is 9.30. The first-order chi connectivity index (χ1) is 14.6. The van der Waals surface area contributed by atoms with Gasteiger partial charge in [0.15, 0.2) is 0 Å². The van der Waals surface area contributed by atoms with Crippen molar-refractivity contribution in [2.45, 2.75) is 49.7 Å². The molecule has 1 saturated heterocycles. The van der Waals surface area contributed by atoms with E-state index in [9.17, 15) is 4.79 Å². The van der Waals surface area contributed by atoms with Crippen LogP contribution in [0, 0.1) is 11.8 Å². The lowest BCUT2D eigenvalue weighted by molar-refractivity contribution is -0.178. The molecule has 0 spiro atoms. The maximum absolute atomic E-state index is 11.7. The zero-order valence-electron chi connectivity index (χ0n) is 18.1. The van der Waals surface area contributed by atoms with Crippen molar-refractivity contribution >= 4 is 18.3 Å². The predicted octanol–water partition coefficient (Wildman–Crippen LogP) is 4.12. The number of ether oxygens (including phenoxy) is 1. The van der Waals surface area contributed by atoms with Crippen LogP contribution in [0.5, 0.6) is 0 Å². The molecule has 6 heteroatoms. The van der Waals surface area contributed by atoms with Crippen molar-refractivity contribution in [3.05, 3.63) is 65.5 Å². The van der Waals surface area contributed by atoms with Crippen LogP contribution in [0.2, 0.25) is 0 Å². The Bertz CT molecular complexity index is 902. The quantitative estimate of drug-likeness (QED) is 0.757. The number of carbonyl (C=O) groups excluding carboxylic acids is 1. The highest BCUT2D eigenvalue weighted by Gasteiger charge is 2.54. The van der Waals surface area contributed by atoms with Gasteiger partial charge in [-0.05, 0) is 54.9 Å². The van der Waals surface area contributed by atoms with Gasteiger partial charge in [-0.1, -0.05) is 36.8 Å². The second-order valence-corrected chi connectivity index (χ2v) is 9.30. The fourth-order valence-electron chi connectivity index (χ4n) is 6.38. The molecule has 2 aromatic rings. The van der Waals surface area contributed by atoms with E-state index in [0.717, 1.165) is 31.5 Å². The van der Waals surface area contributed by atoms with Gasteiger partial charge in [-0.3, -0.25) is 14.7 Å². The van der Waals surface area contributed by atoms with E-state index in [1.807, 2.05) is 19.2 Å². The zero-order chi connectivity index (χ0) is 20.7. The Morgan fingerprint density at radius 3 is 2.42 bits per heavy atom. The van der Waals surface area contributed by atoms with Gasteiger partial charge in [0.1, 0.15) is 11.3 Å². The highest BCUT2D eigenvalue weighted by Crippen LogP contribution is 2.53. The van der Waals surface area contributed by atoms with Crippen LogP contribution in [0.3, 0.4) is 0 Å². The topological polar surface area (TPSA) is 68.5 Å². The summed E-state index contributed by atoms with van der Waals surface area (Å²) in [6, 6.07) is 15.5. The molecule has 1 aromatic carbocycles. The number of carbonyl (C=O) groups is 1. The Labute approximate surface area is 190 Å². The highest BCUT2D eigenvalue weighted by atomic mass is 35.5. The van der Waals surface area contributed by atoms with Crippen LogP contribution in [0.15, 0.2) is 48.7 Å². The van der Waals surface area contributed by atoms with Gasteiger partial charge in [0.05, 0.1) is 0 Å². The minimum Gasteiger partial charge on any atom is -0.373 e. The molecule has 2 N–H and O–H groups in total. The number of amides is 1. The Morgan fingerprint density at radius 1 is 1.13 bits per heavy atom. The van der Waals surface area contributed by atoms with E-state index in [1.165, 1.54) is 24.8 Å². The molecule has 3 fully saturated rings. The first-order valence-corrected chi connectivity index (χ1v) is 11.2. The summed E-state index contributed by atoms with van der Waals surface area (Å²) in [4.78, 5) is 18.6. The Hall–Kier alpha value is -1.95. The number of pyridine rings is 1. The first kappa shape index (κ1) is 22.3. The number of fused-ring (bicyclic) bond motifs is 2. The van der Waals surface area contributed by atoms with Crippen LogP contribution >= 0.6 is 12.4 Å². The van der Waals surface area contributed by atoms with Gasteiger partial charge in [0.2, 0.25) is 0 Å². The molecule has 3 aliphatic rings. The Morgan fingerprint density at radius 2 is 1.81 bits per heavy atom. The molecule has 166 valence electrons. The zero-order valence-corrected chi connectivity index (χ0v) is 18.9. The number of piperidine rings is 1. The molecule has 2 aliphatic carbocycles. The van der Waals surface area contributed by atoms with E-state index in [0.29, 0.717) is 29.5 Å². The van der Waals surface area contributed by atoms with Gasteiger partial charge >= 0.3 is 0 Å². The Kier molecular flexibility index (Phi) is 6.38. The number of likely N-dealkylation sites (tertiary alicyclic amines) is 1. The summed E-state index contributed by atoms with van der Waals surface area (Å²) in [5.74, 6) is 1.07. The van der Waals surface area contributed by atoms with Crippen molar-refractivity contribution in [3.8, 4) is 0 Å². The number of aromatic nitrogens is 1. The molecule has 3 atom stereocenters. The lowest BCUT2D eigenvalue weighted by Crippen LogP contribution is -2.62. The van der Waals surface area contributed by atoms with Crippen molar-refractivity contribution in [1.82, 2.24) is 9.88 Å². The number of hydrogen-bond donors (Lipinski definition) is 1. The minimum atomic E-state index is -0.480. The van der Waals surface area contributed by atoms with Gasteiger partial charge in [-0.2, -0.15) is 0 Å². The molecular formula is C25H32ClN3O2. The molecule has 1 aromatic heterocycles. The molecule has 1 amide bonds. The fraction of sp³-hybridized carbons (Fsp3) is 0.520. The third-order valence-corrected chi connectivity index (χ3v) is 7.93. The molecule has 5 nitrogen and oxygen atoms in total. The number of primary amides is 1. The molecule has 2 heterocycles. The summed E-state index contributed by atoms with van der Waals surface area (Å²) in [5.41, 5.74) is 8.04. The van der Waals surface area contributed by atoms with Crippen molar-refractivity contribution < 1.29 is 9.53 Å². The van der Waals surface area contributed by atoms with Crippen molar-refractivity contribution in [3.63, 3.8) is 0 Å². The maximum atomic E-state index is 11.7. The standard InChI is InChI=1S/C25H31N3O2.ClH/c1-30-25(19-10-11-27-23(14-19)24(26)29)20-8-5-9-21(25)16-28(15-20)22-12-18(13-22)17-6-3-2-4-7-17;/h2-4,6-7,10-11,14,18,20-22H,5,8-9,12-13,15-16H2,1H3,(H2,26,29);1H/t18?,20-,21+,22?,25-;. The van der Waals surface area contributed by atoms with Crippen LogP contribution in [0.25, 0.3) is 0 Å². The molecule has 2 saturated carbocycles. The number of benzene rings is 1. The van der Waals surface area contributed by atoms with Crippen LogP contribution in [-0.2, 0) is 10.3 Å². The Balaban J connectivity index is 0.00000231. The number of methoxy groups -OCH3 is 1. The molecule has 2 bridgehead atoms. The number of halogens is 1. The van der Waals surface area contributed by atoms with E-state index in [1.54, 1.807) is 6.20 Å². The van der Waals surface area contributed by atoms with Crippen LogP contribution in [0.4, 0.5) is 0 Å². The normalized spacial score (nSPS) is 32.5. The fourth-order valence-corrected chi connectivity index (χ4v) is 6.38. The largest absolute Gasteiger partial charge is 0.373 e. The van der Waals surface area contributed by atoms with Crippen LogP contribution < -0.4 is 5.73 Å². The van der Waals surface area contributed by atoms with E-state index < -0.39 is 5.91 Å². The van der Waals surface area contributed by atoms with Gasteiger partial charge in [-0.25, -0.2) is 0 Å². The van der Waals surface area contributed by atoms with E-state index in [-0.39, 0.29) is 18.0 Å². The predicted molar refractivity (Wildman–Crippen MR) is 123 cm³/mol. The third-order valence-electron chi connectivity index (χ3n) is 7.93. The SMILES string of the molecule is CO[C@]1(c2ccnc(C(N)=O)c2)[C@@H]2CCC[C@H]1CN(C1CC(c3ccccc3)C1)C2.Cl. The summed E-state index contributed by atoms with van der Waals surface area (Å²) in [6.07, 6.45) is 7.77. The lowest BCUT2D eigenvalue weighted by atomic mass is 9.61. The van der Waals surface area contributed by atoms with Crippen LogP contribution in [0.1, 0.15) is 59.6 Å². The van der Waals surface area contributed by atoms with Crippen molar-refractivity contribution in [2.75, 3.05) is 20.2 Å². The minimum absolute atomic E-state index is 0. The summed E-state index contributed by atoms with van der Waals surface area (Å²) in [7, 11) is 1.83. The van der Waals surface area contributed by atoms with E-state index in [2.05, 4.69) is 40.2 Å². The van der Waals surface area contributed by atoms with Crippen molar-refractivity contribution in [1.29, 1.82) is 0 Å². The molecule has 31 heavy (non-hydrogen) atoms. The monoisotopic (exact) mass is 441 g/mol. The highest BCUT2D eigenvalue weighted by molar-refractivity contribution is 5.90. The lowest BCUT2D eigenvalue weighted by Gasteiger charge is -2.58. The molecular weight excluding hydrogens is 410 g/mol. The van der Waals surface area contributed by atoms with Gasteiger partial charge < -0.3 is 10.5 Å². The third kappa shape index (κ3) is 3.77. The first-order valence-electron chi connectivity index (χ1n) is 11.2. The number of hydrogen-bond acceptors (Lipinski definition) is 4. The van der Waals surface area contributed by atoms with Gasteiger partial charge in [0, 0.05) is 44.3 Å². The van der Waals surface area contributed by atoms with E-state index in [4.69, 9.17) is 10.5 Å². The average Bonchev–Trinajstić information content (AvgIpc) is 2.73. The molecule has 0 unspecified atom stereocenters. The summed E-state index contributed by atoms with van der Waals surface area (Å²) in [5, 5.41) is 0. The average molecular weight is 442 g/mol. The summed E-state index contributed by atoms with van der Waals surface area (Å²) in [6.45, 7) is 2.12. The maximum Gasteiger partial charge on any atom is 0.267 e. The van der Waals surface area contributed by atoms with E-state index >= 15 is 0 Å². The summed E-state index contributed by atoms with van der Waals surface area (Å²) < 4.78 is 6.33. The smallest absolute Gasteiger partial charge is 0.267 e. The summed E-state index contributed by atoms with van der Waals surface area (Å²) >= 11 is 0. The van der Waals surface area contributed by atoms with Crippen molar-refractivity contribution in [2.24, 2.45) is 17.6 Å². The number of rotatable bonds is 5. The number of nitrogens with two attached hydrogens (primary N) is 1. The second kappa shape index (κ2) is 8.89. The molecule has 5 rings (SSSR count). The molecule has 0 radical (unpaired) electrons.